The fourth-order valence-corrected chi connectivity index (χ4v) is 0.0577. The fourth-order valence-electron chi connectivity index (χ4n) is 0.0577. The minimum absolute atomic E-state index is 0.701. The lowest BCUT2D eigenvalue weighted by atomic mass is 10.3. The van der Waals surface area contributed by atoms with Crippen LogP contribution in [0.4, 0.5) is 4.39 Å². The van der Waals surface area contributed by atoms with Crippen LogP contribution in [0.15, 0.2) is 0 Å². The minimum Gasteiger partial charge on any atom is -0.386 e. The molecule has 0 bridgehead atoms. The molecule has 1 atom stereocenters. The standard InChI is InChI=1S/C3H6FNO3/c1-3(4,2-6)5(7)8/h6H,2H2,1H3. The van der Waals surface area contributed by atoms with Crippen LogP contribution in [0.1, 0.15) is 6.92 Å². The average Bonchev–Trinajstić information content (AvgIpc) is 1.67. The Labute approximate surface area is 45.1 Å². The van der Waals surface area contributed by atoms with Crippen molar-refractivity contribution in [1.29, 1.82) is 0 Å². The third-order valence-electron chi connectivity index (χ3n) is 0.669. The maximum atomic E-state index is 12.0. The smallest absolute Gasteiger partial charge is 0.378 e. The number of nitrogens with zero attached hydrogens (tertiary/aromatic N) is 1. The van der Waals surface area contributed by atoms with E-state index in [0.717, 1.165) is 0 Å². The first-order chi connectivity index (χ1) is 3.50. The van der Waals surface area contributed by atoms with Gasteiger partial charge in [-0.25, -0.2) is 0 Å². The monoisotopic (exact) mass is 123 g/mol. The first-order valence-electron chi connectivity index (χ1n) is 1.95. The minimum atomic E-state index is -2.68. The Bertz CT molecular complexity index is 103. The molecule has 0 radical (unpaired) electrons. The summed E-state index contributed by atoms with van der Waals surface area (Å²) in [5.41, 5.74) is 0. The lowest BCUT2D eigenvalue weighted by Crippen LogP contribution is -2.33. The van der Waals surface area contributed by atoms with E-state index in [1.54, 1.807) is 0 Å². The Morgan fingerprint density at radius 3 is 2.38 bits per heavy atom. The molecular weight excluding hydrogens is 117 g/mol. The molecule has 0 saturated heterocycles. The molecule has 0 saturated carbocycles. The molecule has 1 unspecified atom stereocenters. The van der Waals surface area contributed by atoms with E-state index in [9.17, 15) is 14.5 Å². The van der Waals surface area contributed by atoms with Gasteiger partial charge >= 0.3 is 5.79 Å². The maximum absolute atomic E-state index is 12.0. The maximum Gasteiger partial charge on any atom is 0.378 e. The summed E-state index contributed by atoms with van der Waals surface area (Å²) in [6, 6.07) is 0. The summed E-state index contributed by atoms with van der Waals surface area (Å²) in [6.45, 7) is -0.382. The number of aliphatic hydroxyl groups is 1. The summed E-state index contributed by atoms with van der Waals surface area (Å²) in [5.74, 6) is -2.68. The van der Waals surface area contributed by atoms with Crippen LogP contribution < -0.4 is 0 Å². The van der Waals surface area contributed by atoms with Gasteiger partial charge in [-0.3, -0.25) is 10.1 Å². The third-order valence-corrected chi connectivity index (χ3v) is 0.669. The second-order valence-electron chi connectivity index (χ2n) is 1.56. The van der Waals surface area contributed by atoms with Gasteiger partial charge in [0, 0.05) is 6.92 Å². The van der Waals surface area contributed by atoms with Crippen LogP contribution in [0.25, 0.3) is 0 Å². The SMILES string of the molecule is CC(F)(CO)[N+](=O)[O-]. The molecule has 48 valence electrons. The van der Waals surface area contributed by atoms with Crippen LogP contribution in [-0.2, 0) is 0 Å². The summed E-state index contributed by atoms with van der Waals surface area (Å²) in [5, 5.41) is 17.5. The molecular formula is C3H6FNO3. The van der Waals surface area contributed by atoms with E-state index in [1.165, 1.54) is 0 Å². The summed E-state index contributed by atoms with van der Waals surface area (Å²) in [7, 11) is 0. The lowest BCUT2D eigenvalue weighted by molar-refractivity contribution is -0.603. The van der Waals surface area contributed by atoms with Crippen LogP contribution >= 0.6 is 0 Å². The number of alkyl halides is 1. The molecule has 0 aromatic rings. The number of nitro groups is 1. The molecule has 0 rings (SSSR count). The van der Waals surface area contributed by atoms with E-state index in [-0.39, 0.29) is 0 Å². The molecule has 1 N–H and O–H groups in total. The van der Waals surface area contributed by atoms with Crippen molar-refractivity contribution in [2.24, 2.45) is 0 Å². The van der Waals surface area contributed by atoms with Crippen LogP contribution in [-0.4, -0.2) is 22.4 Å². The summed E-state index contributed by atoms with van der Waals surface area (Å²) >= 11 is 0. The van der Waals surface area contributed by atoms with E-state index >= 15 is 0 Å². The number of hydrogen-bond acceptors (Lipinski definition) is 3. The molecule has 8 heavy (non-hydrogen) atoms. The summed E-state index contributed by atoms with van der Waals surface area (Å²) in [4.78, 5) is 8.35. The summed E-state index contributed by atoms with van der Waals surface area (Å²) in [6.07, 6.45) is 0. The fraction of sp³-hybridized carbons (Fsp3) is 1.00. The van der Waals surface area contributed by atoms with Crippen molar-refractivity contribution >= 4 is 0 Å². The Balaban J connectivity index is 3.91. The van der Waals surface area contributed by atoms with Crippen molar-refractivity contribution in [3.05, 3.63) is 10.1 Å². The second-order valence-corrected chi connectivity index (χ2v) is 1.56. The molecule has 0 aliphatic heterocycles. The molecule has 0 aliphatic rings. The Morgan fingerprint density at radius 1 is 2.00 bits per heavy atom. The van der Waals surface area contributed by atoms with Crippen LogP contribution in [0.3, 0.4) is 0 Å². The highest BCUT2D eigenvalue weighted by Gasteiger charge is 2.35. The van der Waals surface area contributed by atoms with Gasteiger partial charge < -0.3 is 5.11 Å². The lowest BCUT2D eigenvalue weighted by Gasteiger charge is -2.05. The van der Waals surface area contributed by atoms with E-state index in [2.05, 4.69) is 0 Å². The van der Waals surface area contributed by atoms with E-state index in [1.807, 2.05) is 0 Å². The Hall–Kier alpha value is -0.710. The largest absolute Gasteiger partial charge is 0.386 e. The van der Waals surface area contributed by atoms with Gasteiger partial charge in [-0.1, -0.05) is 0 Å². The first-order valence-corrected chi connectivity index (χ1v) is 1.95. The Kier molecular flexibility index (Phi) is 1.86. The van der Waals surface area contributed by atoms with Crippen LogP contribution in [0.5, 0.6) is 0 Å². The van der Waals surface area contributed by atoms with Crippen molar-refractivity contribution < 1.29 is 14.4 Å². The van der Waals surface area contributed by atoms with Crippen LogP contribution in [0.2, 0.25) is 0 Å². The molecule has 0 fully saturated rings. The predicted molar refractivity (Wildman–Crippen MR) is 23.6 cm³/mol. The number of rotatable bonds is 2. The van der Waals surface area contributed by atoms with E-state index in [0.29, 0.717) is 6.92 Å². The van der Waals surface area contributed by atoms with Crippen molar-refractivity contribution in [3.63, 3.8) is 0 Å². The van der Waals surface area contributed by atoms with Gasteiger partial charge in [-0.2, -0.15) is 4.39 Å². The topological polar surface area (TPSA) is 63.4 Å². The molecule has 0 amide bonds. The van der Waals surface area contributed by atoms with Gasteiger partial charge in [-0.15, -0.1) is 0 Å². The second kappa shape index (κ2) is 2.04. The van der Waals surface area contributed by atoms with Gasteiger partial charge in [0.2, 0.25) is 0 Å². The van der Waals surface area contributed by atoms with Gasteiger partial charge in [-0.05, 0) is 0 Å². The molecule has 0 aromatic heterocycles. The summed E-state index contributed by atoms with van der Waals surface area (Å²) < 4.78 is 12.0. The van der Waals surface area contributed by atoms with Gasteiger partial charge in [0.15, 0.2) is 0 Å². The zero-order chi connectivity index (χ0) is 6.78. The molecule has 0 heterocycles. The molecule has 0 aliphatic carbocycles. The normalized spacial score (nSPS) is 17.4. The average molecular weight is 123 g/mol. The van der Waals surface area contributed by atoms with Crippen molar-refractivity contribution in [2.45, 2.75) is 12.7 Å². The highest BCUT2D eigenvalue weighted by Crippen LogP contribution is 2.07. The van der Waals surface area contributed by atoms with Gasteiger partial charge in [0.05, 0.1) is 4.92 Å². The highest BCUT2D eigenvalue weighted by molar-refractivity contribution is 4.53. The predicted octanol–water partition coefficient (Wildman–Crippen LogP) is -0.0589. The number of halogens is 1. The van der Waals surface area contributed by atoms with Crippen molar-refractivity contribution in [1.82, 2.24) is 0 Å². The molecule has 4 nitrogen and oxygen atoms in total. The molecule has 0 spiro atoms. The van der Waals surface area contributed by atoms with Crippen LogP contribution in [0, 0.1) is 10.1 Å². The first kappa shape index (κ1) is 7.29. The quantitative estimate of drug-likeness (QED) is 0.318. The molecule has 0 aromatic carbocycles. The van der Waals surface area contributed by atoms with Crippen molar-refractivity contribution in [2.75, 3.05) is 6.61 Å². The molecule has 5 heteroatoms. The van der Waals surface area contributed by atoms with Gasteiger partial charge in [0.1, 0.15) is 6.61 Å². The van der Waals surface area contributed by atoms with Crippen molar-refractivity contribution in [3.8, 4) is 0 Å². The highest BCUT2D eigenvalue weighted by atomic mass is 19.1. The Morgan fingerprint density at radius 2 is 2.38 bits per heavy atom. The van der Waals surface area contributed by atoms with E-state index < -0.39 is 17.3 Å². The zero-order valence-corrected chi connectivity index (χ0v) is 4.30. The zero-order valence-electron chi connectivity index (χ0n) is 4.30. The number of aliphatic hydroxyl groups excluding tert-OH is 1. The van der Waals surface area contributed by atoms with Gasteiger partial charge in [0.25, 0.3) is 0 Å². The van der Waals surface area contributed by atoms with E-state index in [4.69, 9.17) is 5.11 Å². The number of hydrogen-bond donors (Lipinski definition) is 1. The third kappa shape index (κ3) is 1.42.